The van der Waals surface area contributed by atoms with Crippen LogP contribution in [0.25, 0.3) is 0 Å². The van der Waals surface area contributed by atoms with Crippen LogP contribution in [0.5, 0.6) is 0 Å². The minimum absolute atomic E-state index is 0.209. The van der Waals surface area contributed by atoms with Gasteiger partial charge in [-0.05, 0) is 46.8 Å². The Morgan fingerprint density at radius 2 is 2.10 bits per heavy atom. The molecule has 20 heavy (non-hydrogen) atoms. The van der Waals surface area contributed by atoms with Crippen LogP contribution in [-0.4, -0.2) is 32.8 Å². The van der Waals surface area contributed by atoms with Gasteiger partial charge >= 0.3 is 5.97 Å². The van der Waals surface area contributed by atoms with E-state index in [0.29, 0.717) is 18.1 Å². The van der Waals surface area contributed by atoms with Crippen molar-refractivity contribution in [2.45, 2.75) is 18.9 Å². The number of hydrogen-bond acceptors (Lipinski definition) is 4. The van der Waals surface area contributed by atoms with Crippen LogP contribution in [0, 0.1) is 5.92 Å². The van der Waals surface area contributed by atoms with Gasteiger partial charge in [-0.3, -0.25) is 0 Å². The third-order valence-electron chi connectivity index (χ3n) is 3.33. The maximum absolute atomic E-state index is 11.9. The van der Waals surface area contributed by atoms with E-state index in [1.807, 2.05) is 6.07 Å². The first kappa shape index (κ1) is 15.8. The molecule has 0 amide bonds. The summed E-state index contributed by atoms with van der Waals surface area (Å²) in [5.41, 5.74) is 1.27. The van der Waals surface area contributed by atoms with Gasteiger partial charge in [-0.25, -0.2) is 4.79 Å². The van der Waals surface area contributed by atoms with Gasteiger partial charge < -0.3 is 14.8 Å². The van der Waals surface area contributed by atoms with Gasteiger partial charge in [0.15, 0.2) is 0 Å². The highest BCUT2D eigenvalue weighted by Crippen LogP contribution is 2.37. The molecule has 6 heteroatoms. The summed E-state index contributed by atoms with van der Waals surface area (Å²) in [6, 6.07) is 3.88. The monoisotopic (exact) mass is 405 g/mol. The van der Waals surface area contributed by atoms with E-state index in [1.54, 1.807) is 13.2 Å². The molecular weight excluding hydrogens is 390 g/mol. The van der Waals surface area contributed by atoms with Gasteiger partial charge in [-0.2, -0.15) is 0 Å². The lowest BCUT2D eigenvalue weighted by molar-refractivity contribution is 0.0601. The van der Waals surface area contributed by atoms with E-state index in [2.05, 4.69) is 37.2 Å². The Balaban J connectivity index is 2.30. The number of anilines is 1. The molecule has 1 aliphatic rings. The van der Waals surface area contributed by atoms with Crippen molar-refractivity contribution in [1.82, 2.24) is 0 Å². The number of rotatable bonds is 6. The number of carbonyl (C=O) groups excluding carboxylic acids is 1. The summed E-state index contributed by atoms with van der Waals surface area (Å²) >= 11 is 6.90. The average molecular weight is 407 g/mol. The van der Waals surface area contributed by atoms with Crippen LogP contribution in [0.1, 0.15) is 23.2 Å². The van der Waals surface area contributed by atoms with Crippen LogP contribution in [0.3, 0.4) is 0 Å². The first-order valence-corrected chi connectivity index (χ1v) is 7.98. The fraction of sp³-hybridized carbons (Fsp3) is 0.500. The number of esters is 1. The molecule has 1 aromatic rings. The van der Waals surface area contributed by atoms with Gasteiger partial charge in [0.25, 0.3) is 0 Å². The van der Waals surface area contributed by atoms with Crippen LogP contribution < -0.4 is 5.32 Å². The highest BCUT2D eigenvalue weighted by atomic mass is 79.9. The molecule has 110 valence electrons. The Labute approximate surface area is 135 Å². The zero-order chi connectivity index (χ0) is 14.7. The third-order valence-corrected chi connectivity index (χ3v) is 4.41. The first-order chi connectivity index (χ1) is 9.56. The summed E-state index contributed by atoms with van der Waals surface area (Å²) in [4.78, 5) is 11.9. The van der Waals surface area contributed by atoms with E-state index >= 15 is 0 Å². The average Bonchev–Trinajstić information content (AvgIpc) is 3.23. The minimum Gasteiger partial charge on any atom is -0.465 e. The van der Waals surface area contributed by atoms with Gasteiger partial charge in [0.1, 0.15) is 0 Å². The van der Waals surface area contributed by atoms with E-state index < -0.39 is 0 Å². The number of hydrogen-bond donors (Lipinski definition) is 1. The molecule has 1 atom stereocenters. The van der Waals surface area contributed by atoms with Crippen LogP contribution in [0.2, 0.25) is 0 Å². The molecule has 1 aromatic carbocycles. The largest absolute Gasteiger partial charge is 0.465 e. The molecule has 0 radical (unpaired) electrons. The number of halogens is 2. The number of carbonyl (C=O) groups is 1. The van der Waals surface area contributed by atoms with Crippen molar-refractivity contribution in [1.29, 1.82) is 0 Å². The lowest BCUT2D eigenvalue weighted by atomic mass is 10.1. The standard InChI is InChI=1S/C14H17Br2NO3/c1-19-7-12(8-3-4-8)17-13-10(14(18)20-2)5-9(15)6-11(13)16/h5-6,8,12,17H,3-4,7H2,1-2H3. The second kappa shape index (κ2) is 6.91. The van der Waals surface area contributed by atoms with Crippen molar-refractivity contribution < 1.29 is 14.3 Å². The molecular formula is C14H17Br2NO3. The van der Waals surface area contributed by atoms with Crippen molar-refractivity contribution in [3.8, 4) is 0 Å². The third kappa shape index (κ3) is 3.74. The summed E-state index contributed by atoms with van der Waals surface area (Å²) in [6.45, 7) is 0.619. The fourth-order valence-electron chi connectivity index (χ4n) is 2.15. The van der Waals surface area contributed by atoms with Gasteiger partial charge in [0, 0.05) is 16.1 Å². The molecule has 0 bridgehead atoms. The van der Waals surface area contributed by atoms with Crippen molar-refractivity contribution in [2.24, 2.45) is 5.92 Å². The summed E-state index contributed by atoms with van der Waals surface area (Å²) in [5.74, 6) is 0.248. The number of ether oxygens (including phenoxy) is 2. The summed E-state index contributed by atoms with van der Waals surface area (Å²) in [5, 5.41) is 3.43. The van der Waals surface area contributed by atoms with E-state index in [1.165, 1.54) is 20.0 Å². The highest BCUT2D eigenvalue weighted by Gasteiger charge is 2.32. The minimum atomic E-state index is -0.360. The number of methoxy groups -OCH3 is 2. The Bertz CT molecular complexity index is 503. The molecule has 0 saturated heterocycles. The molecule has 0 spiro atoms. The predicted octanol–water partition coefficient (Wildman–Crippen LogP) is 3.84. The van der Waals surface area contributed by atoms with Crippen LogP contribution in [0.15, 0.2) is 21.1 Å². The first-order valence-electron chi connectivity index (χ1n) is 6.39. The zero-order valence-corrected chi connectivity index (χ0v) is 14.6. The fourth-order valence-corrected chi connectivity index (χ4v) is 3.49. The summed E-state index contributed by atoms with van der Waals surface area (Å²) in [7, 11) is 3.07. The molecule has 0 aliphatic heterocycles. The van der Waals surface area contributed by atoms with Crippen molar-refractivity contribution >= 4 is 43.5 Å². The summed E-state index contributed by atoms with van der Waals surface area (Å²) < 4.78 is 11.8. The SMILES string of the molecule is COCC(Nc1c(Br)cc(Br)cc1C(=O)OC)C1CC1. The maximum atomic E-state index is 11.9. The lowest BCUT2D eigenvalue weighted by Gasteiger charge is -2.21. The Hall–Kier alpha value is -0.590. The van der Waals surface area contributed by atoms with E-state index in [9.17, 15) is 4.79 Å². The Morgan fingerprint density at radius 3 is 2.65 bits per heavy atom. The van der Waals surface area contributed by atoms with Gasteiger partial charge in [0.2, 0.25) is 0 Å². The molecule has 1 aliphatic carbocycles. The van der Waals surface area contributed by atoms with Crippen LogP contribution in [-0.2, 0) is 9.47 Å². The van der Waals surface area contributed by atoms with Crippen LogP contribution in [0.4, 0.5) is 5.69 Å². The lowest BCUT2D eigenvalue weighted by Crippen LogP contribution is -2.28. The number of nitrogens with one attached hydrogen (secondary N) is 1. The topological polar surface area (TPSA) is 47.6 Å². The predicted molar refractivity (Wildman–Crippen MR) is 85.2 cm³/mol. The van der Waals surface area contributed by atoms with Gasteiger partial charge in [0.05, 0.1) is 31.0 Å². The molecule has 0 aromatic heterocycles. The molecule has 1 N–H and O–H groups in total. The quantitative estimate of drug-likeness (QED) is 0.729. The van der Waals surface area contributed by atoms with E-state index in [4.69, 9.17) is 9.47 Å². The van der Waals surface area contributed by atoms with E-state index in [-0.39, 0.29) is 12.0 Å². The molecule has 1 fully saturated rings. The maximum Gasteiger partial charge on any atom is 0.340 e. The van der Waals surface area contributed by atoms with Crippen molar-refractivity contribution in [3.05, 3.63) is 26.6 Å². The molecule has 0 heterocycles. The summed E-state index contributed by atoms with van der Waals surface area (Å²) in [6.07, 6.45) is 2.39. The molecule has 1 saturated carbocycles. The number of benzene rings is 1. The Kier molecular flexibility index (Phi) is 5.46. The molecule has 1 unspecified atom stereocenters. The smallest absolute Gasteiger partial charge is 0.340 e. The zero-order valence-electron chi connectivity index (χ0n) is 11.4. The van der Waals surface area contributed by atoms with Gasteiger partial charge in [-0.15, -0.1) is 0 Å². The van der Waals surface area contributed by atoms with E-state index in [0.717, 1.165) is 14.6 Å². The molecule has 2 rings (SSSR count). The Morgan fingerprint density at radius 1 is 1.40 bits per heavy atom. The molecule has 4 nitrogen and oxygen atoms in total. The van der Waals surface area contributed by atoms with Crippen LogP contribution >= 0.6 is 31.9 Å². The second-order valence-electron chi connectivity index (χ2n) is 4.85. The van der Waals surface area contributed by atoms with Crippen molar-refractivity contribution in [3.63, 3.8) is 0 Å². The highest BCUT2D eigenvalue weighted by molar-refractivity contribution is 9.11. The normalized spacial score (nSPS) is 15.8. The van der Waals surface area contributed by atoms with Gasteiger partial charge in [-0.1, -0.05) is 15.9 Å². The second-order valence-corrected chi connectivity index (χ2v) is 6.62. The van der Waals surface area contributed by atoms with Crippen molar-refractivity contribution in [2.75, 3.05) is 26.1 Å².